The molecule has 7 heteroatoms. The summed E-state index contributed by atoms with van der Waals surface area (Å²) in [5.74, 6) is 0.533. The summed E-state index contributed by atoms with van der Waals surface area (Å²) < 4.78 is 10.4. The Morgan fingerprint density at radius 3 is 2.52 bits per heavy atom. The molecule has 1 fully saturated rings. The van der Waals surface area contributed by atoms with Gasteiger partial charge in [0.25, 0.3) is 5.91 Å². The predicted octanol–water partition coefficient (Wildman–Crippen LogP) is 3.10. The monoisotopic (exact) mass is 360 g/mol. The molecule has 2 aromatic carbocycles. The molecule has 0 aliphatic carbocycles. The first-order valence-electron chi connectivity index (χ1n) is 7.64. The molecule has 3 rings (SSSR count). The number of amides is 2. The van der Waals surface area contributed by atoms with Crippen molar-refractivity contribution >= 4 is 34.8 Å². The van der Waals surface area contributed by atoms with E-state index in [-0.39, 0.29) is 18.2 Å². The van der Waals surface area contributed by atoms with Gasteiger partial charge in [0.1, 0.15) is 6.04 Å². The Labute approximate surface area is 150 Å². The van der Waals surface area contributed by atoms with E-state index in [2.05, 4.69) is 5.32 Å². The van der Waals surface area contributed by atoms with Crippen LogP contribution in [-0.2, 0) is 9.59 Å². The number of rotatable bonds is 5. The first-order chi connectivity index (χ1) is 12.0. The zero-order valence-corrected chi connectivity index (χ0v) is 14.5. The Kier molecular flexibility index (Phi) is 4.81. The minimum atomic E-state index is -0.649. The van der Waals surface area contributed by atoms with Crippen LogP contribution in [0.1, 0.15) is 6.42 Å². The highest BCUT2D eigenvalue weighted by atomic mass is 35.5. The summed E-state index contributed by atoms with van der Waals surface area (Å²) in [6, 6.07) is 11.2. The van der Waals surface area contributed by atoms with Gasteiger partial charge in [-0.1, -0.05) is 17.7 Å². The molecule has 0 unspecified atom stereocenters. The van der Waals surface area contributed by atoms with Crippen LogP contribution in [0.25, 0.3) is 0 Å². The number of carbonyl (C=O) groups is 2. The van der Waals surface area contributed by atoms with Crippen LogP contribution >= 0.6 is 11.6 Å². The van der Waals surface area contributed by atoms with E-state index in [0.29, 0.717) is 27.9 Å². The van der Waals surface area contributed by atoms with E-state index in [1.807, 2.05) is 0 Å². The predicted molar refractivity (Wildman–Crippen MR) is 95.5 cm³/mol. The van der Waals surface area contributed by atoms with Gasteiger partial charge in [0.05, 0.1) is 26.3 Å². The Morgan fingerprint density at radius 1 is 1.08 bits per heavy atom. The Hall–Kier alpha value is -2.73. The second kappa shape index (κ2) is 7.03. The van der Waals surface area contributed by atoms with Crippen molar-refractivity contribution in [2.75, 3.05) is 24.4 Å². The Balaban J connectivity index is 1.81. The number of imide groups is 1. The maximum Gasteiger partial charge on any atom is 0.256 e. The van der Waals surface area contributed by atoms with Crippen LogP contribution in [0.15, 0.2) is 42.5 Å². The molecule has 6 nitrogen and oxygen atoms in total. The summed E-state index contributed by atoms with van der Waals surface area (Å²) in [5, 5.41) is 3.55. The quantitative estimate of drug-likeness (QED) is 0.830. The molecule has 2 amide bonds. The fraction of sp³-hybridized carbons (Fsp3) is 0.222. The van der Waals surface area contributed by atoms with Crippen molar-refractivity contribution in [1.29, 1.82) is 0 Å². The largest absolute Gasteiger partial charge is 0.493 e. The van der Waals surface area contributed by atoms with Crippen LogP contribution in [0.4, 0.5) is 11.4 Å². The van der Waals surface area contributed by atoms with Crippen molar-refractivity contribution in [3.8, 4) is 11.5 Å². The molecule has 0 spiro atoms. The lowest BCUT2D eigenvalue weighted by molar-refractivity contribution is -0.121. The van der Waals surface area contributed by atoms with E-state index < -0.39 is 6.04 Å². The summed E-state index contributed by atoms with van der Waals surface area (Å²) in [4.78, 5) is 26.1. The molecule has 1 heterocycles. The van der Waals surface area contributed by atoms with Crippen LogP contribution in [0.2, 0.25) is 5.02 Å². The number of carbonyl (C=O) groups excluding carboxylic acids is 2. The summed E-state index contributed by atoms with van der Waals surface area (Å²) in [5.41, 5.74) is 1.14. The van der Waals surface area contributed by atoms with Gasteiger partial charge in [-0.05, 0) is 30.3 Å². The molecule has 0 radical (unpaired) electrons. The summed E-state index contributed by atoms with van der Waals surface area (Å²) in [6.07, 6.45) is 0.0691. The van der Waals surface area contributed by atoms with E-state index >= 15 is 0 Å². The van der Waals surface area contributed by atoms with Crippen molar-refractivity contribution in [2.24, 2.45) is 0 Å². The molecule has 1 aliphatic heterocycles. The lowest BCUT2D eigenvalue weighted by Gasteiger charge is -2.17. The number of anilines is 2. The number of hydrogen-bond acceptors (Lipinski definition) is 5. The van der Waals surface area contributed by atoms with Gasteiger partial charge in [-0.3, -0.25) is 9.59 Å². The standard InChI is InChI=1S/C18H17ClN2O4/c1-24-15-7-6-12(9-16(15)25-2)20-14-10-17(22)21(18(14)23)13-5-3-4-11(19)8-13/h3-9,14,20H,10H2,1-2H3/t14-/m1/s1. The number of halogens is 1. The average molecular weight is 361 g/mol. The second-order valence-electron chi connectivity index (χ2n) is 5.52. The molecule has 1 atom stereocenters. The van der Waals surface area contributed by atoms with Gasteiger partial charge in [0.2, 0.25) is 5.91 Å². The van der Waals surface area contributed by atoms with Crippen molar-refractivity contribution in [1.82, 2.24) is 0 Å². The van der Waals surface area contributed by atoms with Gasteiger partial charge in [-0.25, -0.2) is 4.90 Å². The molecular weight excluding hydrogens is 344 g/mol. The van der Waals surface area contributed by atoms with E-state index in [0.717, 1.165) is 4.90 Å². The number of benzene rings is 2. The number of nitrogens with zero attached hydrogens (tertiary/aromatic N) is 1. The number of methoxy groups -OCH3 is 2. The third kappa shape index (κ3) is 3.39. The molecule has 25 heavy (non-hydrogen) atoms. The SMILES string of the molecule is COc1ccc(N[C@@H]2CC(=O)N(c3cccc(Cl)c3)C2=O)cc1OC. The molecule has 2 aromatic rings. The maximum absolute atomic E-state index is 12.7. The van der Waals surface area contributed by atoms with E-state index in [4.69, 9.17) is 21.1 Å². The Morgan fingerprint density at radius 2 is 1.84 bits per heavy atom. The van der Waals surface area contributed by atoms with Crippen molar-refractivity contribution in [2.45, 2.75) is 12.5 Å². The van der Waals surface area contributed by atoms with Gasteiger partial charge in [-0.2, -0.15) is 0 Å². The molecule has 0 bridgehead atoms. The highest BCUT2D eigenvalue weighted by Gasteiger charge is 2.39. The lowest BCUT2D eigenvalue weighted by atomic mass is 10.2. The maximum atomic E-state index is 12.7. The fourth-order valence-corrected chi connectivity index (χ4v) is 2.94. The Bertz CT molecular complexity index is 824. The highest BCUT2D eigenvalue weighted by molar-refractivity contribution is 6.31. The minimum absolute atomic E-state index is 0.0691. The van der Waals surface area contributed by atoms with Gasteiger partial charge >= 0.3 is 0 Å². The van der Waals surface area contributed by atoms with Crippen molar-refractivity contribution < 1.29 is 19.1 Å². The molecule has 1 aliphatic rings. The minimum Gasteiger partial charge on any atom is -0.493 e. The molecule has 0 saturated carbocycles. The fourth-order valence-electron chi connectivity index (χ4n) is 2.76. The first kappa shape index (κ1) is 17.1. The first-order valence-corrected chi connectivity index (χ1v) is 8.02. The zero-order valence-electron chi connectivity index (χ0n) is 13.8. The van der Waals surface area contributed by atoms with Crippen LogP contribution in [-0.4, -0.2) is 32.1 Å². The lowest BCUT2D eigenvalue weighted by Crippen LogP contribution is -2.34. The number of nitrogens with one attached hydrogen (secondary N) is 1. The van der Waals surface area contributed by atoms with Gasteiger partial charge in [-0.15, -0.1) is 0 Å². The molecule has 0 aromatic heterocycles. The van der Waals surface area contributed by atoms with Crippen LogP contribution in [0.3, 0.4) is 0 Å². The normalized spacial score (nSPS) is 16.9. The molecular formula is C18H17ClN2O4. The number of hydrogen-bond donors (Lipinski definition) is 1. The third-order valence-electron chi connectivity index (χ3n) is 3.94. The zero-order chi connectivity index (χ0) is 18.0. The average Bonchev–Trinajstić information content (AvgIpc) is 2.88. The summed E-state index contributed by atoms with van der Waals surface area (Å²) >= 11 is 5.96. The van der Waals surface area contributed by atoms with E-state index in [9.17, 15) is 9.59 Å². The smallest absolute Gasteiger partial charge is 0.256 e. The summed E-state index contributed by atoms with van der Waals surface area (Å²) in [7, 11) is 3.08. The van der Waals surface area contributed by atoms with Gasteiger partial charge in [0, 0.05) is 16.8 Å². The second-order valence-corrected chi connectivity index (χ2v) is 5.95. The molecule has 130 valence electrons. The van der Waals surface area contributed by atoms with Crippen LogP contribution in [0, 0.1) is 0 Å². The van der Waals surface area contributed by atoms with Crippen LogP contribution < -0.4 is 19.7 Å². The summed E-state index contributed by atoms with van der Waals surface area (Å²) in [6.45, 7) is 0. The van der Waals surface area contributed by atoms with Gasteiger partial charge in [0.15, 0.2) is 11.5 Å². The van der Waals surface area contributed by atoms with Crippen molar-refractivity contribution in [3.63, 3.8) is 0 Å². The van der Waals surface area contributed by atoms with Gasteiger partial charge < -0.3 is 14.8 Å². The number of ether oxygens (including phenoxy) is 2. The third-order valence-corrected chi connectivity index (χ3v) is 4.17. The topological polar surface area (TPSA) is 67.9 Å². The van der Waals surface area contributed by atoms with Crippen LogP contribution in [0.5, 0.6) is 11.5 Å². The molecule has 1 saturated heterocycles. The highest BCUT2D eigenvalue weighted by Crippen LogP contribution is 2.32. The molecule has 1 N–H and O–H groups in total. The van der Waals surface area contributed by atoms with E-state index in [1.165, 1.54) is 7.11 Å². The van der Waals surface area contributed by atoms with E-state index in [1.54, 1.807) is 49.6 Å². The van der Waals surface area contributed by atoms with Crippen molar-refractivity contribution in [3.05, 3.63) is 47.5 Å².